The van der Waals surface area contributed by atoms with E-state index in [1.807, 2.05) is 13.0 Å². The summed E-state index contributed by atoms with van der Waals surface area (Å²) < 4.78 is 5.53. The number of aliphatic hydroxyl groups is 1. The summed E-state index contributed by atoms with van der Waals surface area (Å²) in [7, 11) is 0. The third-order valence-corrected chi connectivity index (χ3v) is 3.04. The highest BCUT2D eigenvalue weighted by molar-refractivity contribution is 5.31. The summed E-state index contributed by atoms with van der Waals surface area (Å²) in [6.45, 7) is 3.99. The minimum Gasteiger partial charge on any atom is -0.392 e. The fourth-order valence-electron chi connectivity index (χ4n) is 1.97. The average Bonchev–Trinajstić information content (AvgIpc) is 2.35. The Kier molecular flexibility index (Phi) is 3.93. The number of benzene rings is 1. The number of aliphatic hydroxyl groups excluding tert-OH is 1. The van der Waals surface area contributed by atoms with Crippen molar-refractivity contribution in [3.8, 4) is 0 Å². The SMILES string of the molecule is CCC(O)CNC1COCc2ccccc21. The van der Waals surface area contributed by atoms with Gasteiger partial charge in [-0.3, -0.25) is 0 Å². The first-order valence-corrected chi connectivity index (χ1v) is 5.88. The zero-order valence-corrected chi connectivity index (χ0v) is 9.65. The molecule has 0 saturated heterocycles. The van der Waals surface area contributed by atoms with Crippen molar-refractivity contribution in [1.29, 1.82) is 0 Å². The Balaban J connectivity index is 2.01. The maximum Gasteiger partial charge on any atom is 0.0721 e. The van der Waals surface area contributed by atoms with E-state index in [1.165, 1.54) is 11.1 Å². The maximum atomic E-state index is 9.53. The fraction of sp³-hybridized carbons (Fsp3) is 0.538. The standard InChI is InChI=1S/C13H19NO2/c1-2-11(15)7-14-13-9-16-8-10-5-3-4-6-12(10)13/h3-6,11,13-15H,2,7-9H2,1H3. The molecule has 0 fully saturated rings. The molecule has 2 unspecified atom stereocenters. The molecule has 1 aliphatic heterocycles. The predicted octanol–water partition coefficient (Wildman–Crippen LogP) is 1.62. The van der Waals surface area contributed by atoms with Gasteiger partial charge in [0.1, 0.15) is 0 Å². The number of fused-ring (bicyclic) bond motifs is 1. The lowest BCUT2D eigenvalue weighted by Gasteiger charge is -2.27. The zero-order chi connectivity index (χ0) is 11.4. The second-order valence-electron chi connectivity index (χ2n) is 4.24. The van der Waals surface area contributed by atoms with Crippen LogP contribution in [0.3, 0.4) is 0 Å². The number of nitrogens with one attached hydrogen (secondary N) is 1. The van der Waals surface area contributed by atoms with Gasteiger partial charge in [-0.1, -0.05) is 31.2 Å². The summed E-state index contributed by atoms with van der Waals surface area (Å²) >= 11 is 0. The third kappa shape index (κ3) is 2.61. The third-order valence-electron chi connectivity index (χ3n) is 3.04. The molecule has 1 heterocycles. The van der Waals surface area contributed by atoms with E-state index in [4.69, 9.17) is 4.74 Å². The quantitative estimate of drug-likeness (QED) is 0.811. The van der Waals surface area contributed by atoms with Gasteiger partial charge in [-0.25, -0.2) is 0 Å². The molecular formula is C13H19NO2. The molecule has 1 aliphatic rings. The van der Waals surface area contributed by atoms with Crippen molar-refractivity contribution in [2.24, 2.45) is 0 Å². The second-order valence-corrected chi connectivity index (χ2v) is 4.24. The van der Waals surface area contributed by atoms with E-state index in [2.05, 4.69) is 23.5 Å². The molecule has 2 atom stereocenters. The highest BCUT2D eigenvalue weighted by Crippen LogP contribution is 2.24. The van der Waals surface area contributed by atoms with Crippen LogP contribution in [0, 0.1) is 0 Å². The van der Waals surface area contributed by atoms with E-state index in [9.17, 15) is 5.11 Å². The molecule has 0 aliphatic carbocycles. The Morgan fingerprint density at radius 2 is 2.31 bits per heavy atom. The van der Waals surface area contributed by atoms with E-state index < -0.39 is 0 Å². The molecule has 0 saturated carbocycles. The highest BCUT2D eigenvalue weighted by Gasteiger charge is 2.20. The predicted molar refractivity (Wildman–Crippen MR) is 63.1 cm³/mol. The fourth-order valence-corrected chi connectivity index (χ4v) is 1.97. The van der Waals surface area contributed by atoms with Gasteiger partial charge in [0, 0.05) is 6.54 Å². The summed E-state index contributed by atoms with van der Waals surface area (Å²) in [5, 5.41) is 12.9. The van der Waals surface area contributed by atoms with E-state index in [0.717, 1.165) is 6.42 Å². The molecule has 2 N–H and O–H groups in total. The average molecular weight is 221 g/mol. The monoisotopic (exact) mass is 221 g/mol. The molecular weight excluding hydrogens is 202 g/mol. The van der Waals surface area contributed by atoms with Crippen LogP contribution in [0.5, 0.6) is 0 Å². The van der Waals surface area contributed by atoms with Crippen LogP contribution in [0.2, 0.25) is 0 Å². The van der Waals surface area contributed by atoms with Gasteiger partial charge in [-0.2, -0.15) is 0 Å². The lowest BCUT2D eigenvalue weighted by Crippen LogP contribution is -2.34. The number of hydrogen-bond donors (Lipinski definition) is 2. The van der Waals surface area contributed by atoms with Gasteiger partial charge < -0.3 is 15.2 Å². The normalized spacial score (nSPS) is 21.5. The Labute approximate surface area is 96.4 Å². The van der Waals surface area contributed by atoms with Crippen LogP contribution in [0.15, 0.2) is 24.3 Å². The number of rotatable bonds is 4. The number of ether oxygens (including phenoxy) is 1. The van der Waals surface area contributed by atoms with Gasteiger partial charge >= 0.3 is 0 Å². The van der Waals surface area contributed by atoms with Gasteiger partial charge in [-0.15, -0.1) is 0 Å². The molecule has 0 aromatic heterocycles. The van der Waals surface area contributed by atoms with Crippen molar-refractivity contribution in [3.05, 3.63) is 35.4 Å². The summed E-state index contributed by atoms with van der Waals surface area (Å²) in [4.78, 5) is 0. The summed E-state index contributed by atoms with van der Waals surface area (Å²) in [5.41, 5.74) is 2.55. The van der Waals surface area contributed by atoms with Gasteiger partial charge in [0.15, 0.2) is 0 Å². The van der Waals surface area contributed by atoms with Crippen LogP contribution >= 0.6 is 0 Å². The van der Waals surface area contributed by atoms with Crippen LogP contribution in [-0.4, -0.2) is 24.4 Å². The zero-order valence-electron chi connectivity index (χ0n) is 9.65. The van der Waals surface area contributed by atoms with Crippen LogP contribution in [0.1, 0.15) is 30.5 Å². The van der Waals surface area contributed by atoms with Crippen molar-refractivity contribution in [2.45, 2.75) is 32.1 Å². The van der Waals surface area contributed by atoms with E-state index in [0.29, 0.717) is 19.8 Å². The summed E-state index contributed by atoms with van der Waals surface area (Å²) in [6.07, 6.45) is 0.511. The molecule has 0 bridgehead atoms. The Hall–Kier alpha value is -0.900. The van der Waals surface area contributed by atoms with E-state index in [1.54, 1.807) is 0 Å². The van der Waals surface area contributed by atoms with Gasteiger partial charge in [0.25, 0.3) is 0 Å². The molecule has 1 aromatic carbocycles. The van der Waals surface area contributed by atoms with Crippen LogP contribution < -0.4 is 5.32 Å². The first-order chi connectivity index (χ1) is 7.81. The van der Waals surface area contributed by atoms with Crippen molar-refractivity contribution in [3.63, 3.8) is 0 Å². The largest absolute Gasteiger partial charge is 0.392 e. The lowest BCUT2D eigenvalue weighted by atomic mass is 9.99. The molecule has 2 rings (SSSR count). The molecule has 3 heteroatoms. The van der Waals surface area contributed by atoms with Gasteiger partial charge in [0.05, 0.1) is 25.4 Å². The molecule has 0 radical (unpaired) electrons. The summed E-state index contributed by atoms with van der Waals surface area (Å²) in [5.74, 6) is 0. The van der Waals surface area contributed by atoms with Crippen molar-refractivity contribution in [2.75, 3.05) is 13.2 Å². The van der Waals surface area contributed by atoms with E-state index >= 15 is 0 Å². The molecule has 16 heavy (non-hydrogen) atoms. The Morgan fingerprint density at radius 3 is 3.12 bits per heavy atom. The van der Waals surface area contributed by atoms with Crippen molar-refractivity contribution < 1.29 is 9.84 Å². The van der Waals surface area contributed by atoms with Gasteiger partial charge in [0.2, 0.25) is 0 Å². The smallest absolute Gasteiger partial charge is 0.0721 e. The summed E-state index contributed by atoms with van der Waals surface area (Å²) in [6, 6.07) is 8.53. The minimum absolute atomic E-state index is 0.214. The Bertz CT molecular complexity index is 340. The Morgan fingerprint density at radius 1 is 1.50 bits per heavy atom. The molecule has 1 aromatic rings. The number of hydrogen-bond acceptors (Lipinski definition) is 3. The topological polar surface area (TPSA) is 41.5 Å². The minimum atomic E-state index is -0.269. The van der Waals surface area contributed by atoms with Crippen LogP contribution in [0.4, 0.5) is 0 Å². The van der Waals surface area contributed by atoms with Crippen LogP contribution in [0.25, 0.3) is 0 Å². The van der Waals surface area contributed by atoms with Gasteiger partial charge in [-0.05, 0) is 17.5 Å². The molecule has 3 nitrogen and oxygen atoms in total. The van der Waals surface area contributed by atoms with E-state index in [-0.39, 0.29) is 12.1 Å². The molecule has 0 amide bonds. The highest BCUT2D eigenvalue weighted by atomic mass is 16.5. The second kappa shape index (κ2) is 5.43. The maximum absolute atomic E-state index is 9.53. The van der Waals surface area contributed by atoms with Crippen LogP contribution in [-0.2, 0) is 11.3 Å². The first kappa shape index (κ1) is 11.6. The van der Waals surface area contributed by atoms with Crippen molar-refractivity contribution >= 4 is 0 Å². The molecule has 88 valence electrons. The first-order valence-electron chi connectivity index (χ1n) is 5.88. The lowest BCUT2D eigenvalue weighted by molar-refractivity contribution is 0.0751. The molecule has 0 spiro atoms. The van der Waals surface area contributed by atoms with Crippen molar-refractivity contribution in [1.82, 2.24) is 5.32 Å².